The zero-order valence-corrected chi connectivity index (χ0v) is 13.4. The normalized spacial score (nSPS) is 12.0. The van der Waals surface area contributed by atoms with Crippen LogP contribution in [0.5, 0.6) is 0 Å². The van der Waals surface area contributed by atoms with E-state index >= 15 is 0 Å². The standard InChI is InChI=1S/C18H21NO3/c1-13(2)17(11-19)8-5-14(3)22-12-15-6-9-16(10-7-15)18(20)21-4/h5-10,13H,12H2,1-4H3/b14-5+,17-8-. The molecule has 0 heterocycles. The van der Waals surface area contributed by atoms with E-state index in [1.165, 1.54) is 7.11 Å². The highest BCUT2D eigenvalue weighted by Gasteiger charge is 2.04. The average molecular weight is 299 g/mol. The number of carbonyl (C=O) groups excluding carboxylic acids is 1. The molecule has 1 aromatic rings. The number of carbonyl (C=O) groups is 1. The Morgan fingerprint density at radius 2 is 1.91 bits per heavy atom. The molecule has 0 bridgehead atoms. The first-order chi connectivity index (χ1) is 10.5. The zero-order valence-electron chi connectivity index (χ0n) is 13.4. The van der Waals surface area contributed by atoms with Gasteiger partial charge >= 0.3 is 5.97 Å². The summed E-state index contributed by atoms with van der Waals surface area (Å²) >= 11 is 0. The highest BCUT2D eigenvalue weighted by Crippen LogP contribution is 2.11. The third-order valence-corrected chi connectivity index (χ3v) is 3.09. The lowest BCUT2D eigenvalue weighted by Gasteiger charge is -2.07. The second kappa shape index (κ2) is 8.68. The van der Waals surface area contributed by atoms with Crippen LogP contribution in [0.4, 0.5) is 0 Å². The fraction of sp³-hybridized carbons (Fsp3) is 0.333. The predicted molar refractivity (Wildman–Crippen MR) is 84.9 cm³/mol. The fourth-order valence-electron chi connectivity index (χ4n) is 1.67. The van der Waals surface area contributed by atoms with E-state index in [0.29, 0.717) is 17.7 Å². The molecule has 22 heavy (non-hydrogen) atoms. The zero-order chi connectivity index (χ0) is 16.5. The number of nitriles is 1. The largest absolute Gasteiger partial charge is 0.494 e. The maximum atomic E-state index is 11.3. The first-order valence-corrected chi connectivity index (χ1v) is 7.06. The van der Waals surface area contributed by atoms with Crippen molar-refractivity contribution in [2.75, 3.05) is 7.11 Å². The topological polar surface area (TPSA) is 59.3 Å². The van der Waals surface area contributed by atoms with Crippen molar-refractivity contribution in [3.63, 3.8) is 0 Å². The first-order valence-electron chi connectivity index (χ1n) is 7.06. The second-order valence-electron chi connectivity index (χ2n) is 5.14. The Balaban J connectivity index is 2.62. The maximum Gasteiger partial charge on any atom is 0.337 e. The number of allylic oxidation sites excluding steroid dienone is 4. The summed E-state index contributed by atoms with van der Waals surface area (Å²) in [7, 11) is 1.35. The molecule has 0 aliphatic heterocycles. The molecule has 1 rings (SSSR count). The summed E-state index contributed by atoms with van der Waals surface area (Å²) < 4.78 is 10.3. The molecule has 0 aliphatic rings. The van der Waals surface area contributed by atoms with Gasteiger partial charge in [-0.25, -0.2) is 4.79 Å². The van der Waals surface area contributed by atoms with E-state index in [1.807, 2.05) is 32.9 Å². The van der Waals surface area contributed by atoms with Crippen LogP contribution in [-0.2, 0) is 16.1 Å². The van der Waals surface area contributed by atoms with Crippen molar-refractivity contribution in [1.29, 1.82) is 5.26 Å². The summed E-state index contributed by atoms with van der Waals surface area (Å²) in [5.74, 6) is 0.566. The number of methoxy groups -OCH3 is 1. The van der Waals surface area contributed by atoms with Crippen LogP contribution in [0.1, 0.15) is 36.7 Å². The van der Waals surface area contributed by atoms with Crippen molar-refractivity contribution in [2.24, 2.45) is 5.92 Å². The summed E-state index contributed by atoms with van der Waals surface area (Å²) in [6.45, 7) is 6.19. The Morgan fingerprint density at radius 3 is 2.41 bits per heavy atom. The Labute approximate surface area is 131 Å². The van der Waals surface area contributed by atoms with E-state index < -0.39 is 0 Å². The second-order valence-corrected chi connectivity index (χ2v) is 5.14. The van der Waals surface area contributed by atoms with Gasteiger partial charge < -0.3 is 9.47 Å². The molecule has 0 atom stereocenters. The molecule has 0 aliphatic carbocycles. The summed E-state index contributed by atoms with van der Waals surface area (Å²) in [6.07, 6.45) is 3.57. The Bertz CT molecular complexity index is 604. The van der Waals surface area contributed by atoms with Gasteiger partial charge in [0.2, 0.25) is 0 Å². The molecule has 4 nitrogen and oxygen atoms in total. The number of hydrogen-bond acceptors (Lipinski definition) is 4. The van der Waals surface area contributed by atoms with Crippen LogP contribution in [0, 0.1) is 17.2 Å². The molecule has 0 amide bonds. The molecule has 0 unspecified atom stereocenters. The van der Waals surface area contributed by atoms with Crippen LogP contribution in [-0.4, -0.2) is 13.1 Å². The van der Waals surface area contributed by atoms with Crippen LogP contribution in [0.3, 0.4) is 0 Å². The smallest absolute Gasteiger partial charge is 0.337 e. The molecule has 0 fully saturated rings. The van der Waals surface area contributed by atoms with Crippen molar-refractivity contribution in [3.8, 4) is 6.07 Å². The number of nitrogens with zero attached hydrogens (tertiary/aromatic N) is 1. The van der Waals surface area contributed by atoms with Gasteiger partial charge in [0.15, 0.2) is 0 Å². The fourth-order valence-corrected chi connectivity index (χ4v) is 1.67. The van der Waals surface area contributed by atoms with Gasteiger partial charge in [0, 0.05) is 5.57 Å². The minimum Gasteiger partial charge on any atom is -0.494 e. The molecule has 4 heteroatoms. The highest BCUT2D eigenvalue weighted by atomic mass is 16.5. The van der Waals surface area contributed by atoms with Crippen molar-refractivity contribution < 1.29 is 14.3 Å². The SMILES string of the molecule is COC(=O)c1ccc(CO/C(C)=C/C=C(/C#N)C(C)C)cc1. The molecule has 0 aromatic heterocycles. The third-order valence-electron chi connectivity index (χ3n) is 3.09. The quantitative estimate of drug-likeness (QED) is 0.345. The van der Waals surface area contributed by atoms with Crippen LogP contribution in [0.2, 0.25) is 0 Å². The maximum absolute atomic E-state index is 11.3. The highest BCUT2D eigenvalue weighted by molar-refractivity contribution is 5.89. The summed E-state index contributed by atoms with van der Waals surface area (Å²) in [5, 5.41) is 8.98. The van der Waals surface area contributed by atoms with Crippen LogP contribution in [0.15, 0.2) is 47.7 Å². The molecule has 0 saturated carbocycles. The lowest BCUT2D eigenvalue weighted by Crippen LogP contribution is -2.01. The third kappa shape index (κ3) is 5.45. The van der Waals surface area contributed by atoms with Gasteiger partial charge in [-0.05, 0) is 42.7 Å². The van der Waals surface area contributed by atoms with Crippen molar-refractivity contribution >= 4 is 5.97 Å². The Hall–Kier alpha value is -2.54. The van der Waals surface area contributed by atoms with E-state index in [4.69, 9.17) is 10.00 Å². The van der Waals surface area contributed by atoms with Crippen LogP contribution < -0.4 is 0 Å². The van der Waals surface area contributed by atoms with E-state index in [9.17, 15) is 4.79 Å². The lowest BCUT2D eigenvalue weighted by molar-refractivity contribution is 0.0600. The van der Waals surface area contributed by atoms with E-state index in [0.717, 1.165) is 11.3 Å². The molecule has 0 N–H and O–H groups in total. The number of benzene rings is 1. The minimum absolute atomic E-state index is 0.194. The summed E-state index contributed by atoms with van der Waals surface area (Å²) in [4.78, 5) is 11.3. The van der Waals surface area contributed by atoms with Crippen molar-refractivity contribution in [2.45, 2.75) is 27.4 Å². The van der Waals surface area contributed by atoms with E-state index in [1.54, 1.807) is 24.3 Å². The molecule has 0 saturated heterocycles. The molecule has 0 radical (unpaired) electrons. The molecular formula is C18H21NO3. The minimum atomic E-state index is -0.355. The predicted octanol–water partition coefficient (Wildman–Crippen LogP) is 4.00. The van der Waals surface area contributed by atoms with E-state index in [-0.39, 0.29) is 11.9 Å². The van der Waals surface area contributed by atoms with Crippen LogP contribution >= 0.6 is 0 Å². The molecule has 1 aromatic carbocycles. The van der Waals surface area contributed by atoms with E-state index in [2.05, 4.69) is 10.8 Å². The lowest BCUT2D eigenvalue weighted by atomic mass is 10.0. The van der Waals surface area contributed by atoms with Gasteiger partial charge in [0.1, 0.15) is 6.61 Å². The monoisotopic (exact) mass is 299 g/mol. The molecule has 0 spiro atoms. The number of rotatable bonds is 6. The Kier molecular flexibility index (Phi) is 6.91. The first kappa shape index (κ1) is 17.5. The van der Waals surface area contributed by atoms with Crippen molar-refractivity contribution in [1.82, 2.24) is 0 Å². The van der Waals surface area contributed by atoms with Gasteiger partial charge in [0.25, 0.3) is 0 Å². The van der Waals surface area contributed by atoms with Gasteiger partial charge in [-0.15, -0.1) is 0 Å². The van der Waals surface area contributed by atoms with Crippen molar-refractivity contribution in [3.05, 3.63) is 58.9 Å². The number of esters is 1. The Morgan fingerprint density at radius 1 is 1.27 bits per heavy atom. The number of hydrogen-bond donors (Lipinski definition) is 0. The summed E-state index contributed by atoms with van der Waals surface area (Å²) in [5.41, 5.74) is 2.18. The van der Waals surface area contributed by atoms with Gasteiger partial charge in [-0.3, -0.25) is 0 Å². The summed E-state index contributed by atoms with van der Waals surface area (Å²) in [6, 6.07) is 9.23. The number of ether oxygens (including phenoxy) is 2. The van der Waals surface area contributed by atoms with Gasteiger partial charge in [-0.1, -0.05) is 26.0 Å². The molecule has 116 valence electrons. The average Bonchev–Trinajstić information content (AvgIpc) is 2.52. The van der Waals surface area contributed by atoms with Gasteiger partial charge in [-0.2, -0.15) is 5.26 Å². The van der Waals surface area contributed by atoms with Crippen LogP contribution in [0.25, 0.3) is 0 Å². The van der Waals surface area contributed by atoms with Gasteiger partial charge in [0.05, 0.1) is 24.5 Å². The molecular weight excluding hydrogens is 278 g/mol.